The standard InChI is InChI=1S/C17H29N/c1-3-4-8-16-10-12-18(13-11-16)14-17-9-6-5-7-15(17)2/h6,9,16H,3-5,7-8,10-14H2,1-2H3. The third-order valence-corrected chi connectivity index (χ3v) is 4.62. The third kappa shape index (κ3) is 3.98. The Morgan fingerprint density at radius 1 is 1.28 bits per heavy atom. The fraction of sp³-hybridized carbons (Fsp3) is 0.765. The zero-order valence-electron chi connectivity index (χ0n) is 12.3. The molecular weight excluding hydrogens is 218 g/mol. The van der Waals surface area contributed by atoms with Crippen LogP contribution in [-0.2, 0) is 0 Å². The van der Waals surface area contributed by atoms with Gasteiger partial charge in [0.25, 0.3) is 0 Å². The van der Waals surface area contributed by atoms with E-state index in [0.717, 1.165) is 5.92 Å². The molecule has 0 atom stereocenters. The summed E-state index contributed by atoms with van der Waals surface area (Å²) in [6, 6.07) is 0. The normalized spacial score (nSPS) is 22.8. The second-order valence-corrected chi connectivity index (χ2v) is 6.11. The largest absolute Gasteiger partial charge is 0.299 e. The number of rotatable bonds is 5. The smallest absolute Gasteiger partial charge is 0.0233 e. The Bertz CT molecular complexity index is 306. The van der Waals surface area contributed by atoms with E-state index in [-0.39, 0.29) is 0 Å². The highest BCUT2D eigenvalue weighted by atomic mass is 15.1. The first-order valence-electron chi connectivity index (χ1n) is 7.87. The van der Waals surface area contributed by atoms with E-state index >= 15 is 0 Å². The Morgan fingerprint density at radius 3 is 2.72 bits per heavy atom. The maximum atomic E-state index is 2.66. The van der Waals surface area contributed by atoms with E-state index in [1.54, 1.807) is 11.1 Å². The second-order valence-electron chi connectivity index (χ2n) is 6.11. The van der Waals surface area contributed by atoms with Crippen LogP contribution in [0.25, 0.3) is 0 Å². The molecule has 2 rings (SSSR count). The fourth-order valence-corrected chi connectivity index (χ4v) is 3.18. The lowest BCUT2D eigenvalue weighted by atomic mass is 9.91. The van der Waals surface area contributed by atoms with Crippen molar-refractivity contribution in [2.24, 2.45) is 5.92 Å². The minimum Gasteiger partial charge on any atom is -0.299 e. The van der Waals surface area contributed by atoms with E-state index in [1.165, 1.54) is 64.6 Å². The predicted octanol–water partition coefficient (Wildman–Crippen LogP) is 4.56. The van der Waals surface area contributed by atoms with Gasteiger partial charge in [-0.1, -0.05) is 43.9 Å². The quantitative estimate of drug-likeness (QED) is 0.688. The van der Waals surface area contributed by atoms with Gasteiger partial charge < -0.3 is 0 Å². The molecule has 2 aliphatic rings. The lowest BCUT2D eigenvalue weighted by Gasteiger charge is -2.33. The van der Waals surface area contributed by atoms with Gasteiger partial charge in [-0.2, -0.15) is 0 Å². The van der Waals surface area contributed by atoms with Crippen LogP contribution in [0.1, 0.15) is 58.8 Å². The molecule has 1 aliphatic heterocycles. The van der Waals surface area contributed by atoms with Crippen LogP contribution in [0.2, 0.25) is 0 Å². The van der Waals surface area contributed by atoms with Crippen molar-refractivity contribution >= 4 is 0 Å². The first-order valence-corrected chi connectivity index (χ1v) is 7.87. The highest BCUT2D eigenvalue weighted by Gasteiger charge is 2.19. The number of unbranched alkanes of at least 4 members (excludes halogenated alkanes) is 1. The highest BCUT2D eigenvalue weighted by molar-refractivity contribution is 5.29. The van der Waals surface area contributed by atoms with Gasteiger partial charge in [0.15, 0.2) is 0 Å². The van der Waals surface area contributed by atoms with Crippen molar-refractivity contribution in [3.05, 3.63) is 23.3 Å². The van der Waals surface area contributed by atoms with Crippen molar-refractivity contribution < 1.29 is 0 Å². The van der Waals surface area contributed by atoms with E-state index in [0.29, 0.717) is 0 Å². The van der Waals surface area contributed by atoms with E-state index in [4.69, 9.17) is 0 Å². The summed E-state index contributed by atoms with van der Waals surface area (Å²) in [6.45, 7) is 8.45. The van der Waals surface area contributed by atoms with Gasteiger partial charge in [0, 0.05) is 6.54 Å². The predicted molar refractivity (Wildman–Crippen MR) is 79.8 cm³/mol. The maximum absolute atomic E-state index is 2.66. The van der Waals surface area contributed by atoms with Gasteiger partial charge in [0.2, 0.25) is 0 Å². The Labute approximate surface area is 113 Å². The monoisotopic (exact) mass is 247 g/mol. The first-order chi connectivity index (χ1) is 8.79. The molecule has 0 aromatic heterocycles. The highest BCUT2D eigenvalue weighted by Crippen LogP contribution is 2.25. The third-order valence-electron chi connectivity index (χ3n) is 4.62. The van der Waals surface area contributed by atoms with Gasteiger partial charge in [-0.25, -0.2) is 0 Å². The number of piperidine rings is 1. The minimum absolute atomic E-state index is 1.01. The molecule has 0 unspecified atom stereocenters. The Morgan fingerprint density at radius 2 is 2.06 bits per heavy atom. The van der Waals surface area contributed by atoms with Crippen LogP contribution < -0.4 is 0 Å². The minimum atomic E-state index is 1.01. The van der Waals surface area contributed by atoms with Crippen molar-refractivity contribution in [2.75, 3.05) is 19.6 Å². The first kappa shape index (κ1) is 13.9. The molecular formula is C17H29N. The van der Waals surface area contributed by atoms with Crippen molar-refractivity contribution in [3.63, 3.8) is 0 Å². The molecule has 102 valence electrons. The van der Waals surface area contributed by atoms with Crippen molar-refractivity contribution in [3.8, 4) is 0 Å². The van der Waals surface area contributed by atoms with Gasteiger partial charge in [0.1, 0.15) is 0 Å². The van der Waals surface area contributed by atoms with Gasteiger partial charge in [-0.05, 0) is 57.2 Å². The molecule has 1 heterocycles. The maximum Gasteiger partial charge on any atom is 0.0233 e. The molecule has 0 radical (unpaired) electrons. The molecule has 1 nitrogen and oxygen atoms in total. The molecule has 0 aromatic rings. The molecule has 1 heteroatoms. The van der Waals surface area contributed by atoms with Gasteiger partial charge in [0.05, 0.1) is 0 Å². The molecule has 1 aliphatic carbocycles. The number of likely N-dealkylation sites (tertiary alicyclic amines) is 1. The van der Waals surface area contributed by atoms with Crippen LogP contribution in [0.15, 0.2) is 23.3 Å². The van der Waals surface area contributed by atoms with E-state index < -0.39 is 0 Å². The topological polar surface area (TPSA) is 3.24 Å². The summed E-state index contributed by atoms with van der Waals surface area (Å²) in [5, 5.41) is 0. The Kier molecular flexibility index (Phi) is 5.49. The van der Waals surface area contributed by atoms with Crippen LogP contribution in [0, 0.1) is 5.92 Å². The molecule has 1 saturated heterocycles. The average molecular weight is 247 g/mol. The molecule has 18 heavy (non-hydrogen) atoms. The van der Waals surface area contributed by atoms with E-state index in [1.807, 2.05) is 0 Å². The van der Waals surface area contributed by atoms with Crippen LogP contribution in [0.5, 0.6) is 0 Å². The number of nitrogens with zero attached hydrogens (tertiary/aromatic N) is 1. The van der Waals surface area contributed by atoms with Gasteiger partial charge in [-0.3, -0.25) is 4.90 Å². The molecule has 0 bridgehead atoms. The summed E-state index contributed by atoms with van der Waals surface area (Å²) < 4.78 is 0. The lowest BCUT2D eigenvalue weighted by molar-refractivity contribution is 0.190. The molecule has 0 spiro atoms. The molecule has 0 saturated carbocycles. The zero-order valence-corrected chi connectivity index (χ0v) is 12.3. The Hall–Kier alpha value is -0.560. The van der Waals surface area contributed by atoms with Crippen LogP contribution in [0.4, 0.5) is 0 Å². The molecule has 0 aromatic carbocycles. The fourth-order valence-electron chi connectivity index (χ4n) is 3.18. The number of hydrogen-bond donors (Lipinski definition) is 0. The molecule has 0 amide bonds. The number of allylic oxidation sites excluding steroid dienone is 2. The van der Waals surface area contributed by atoms with Crippen LogP contribution in [-0.4, -0.2) is 24.5 Å². The average Bonchev–Trinajstić information content (AvgIpc) is 2.41. The number of hydrogen-bond acceptors (Lipinski definition) is 1. The summed E-state index contributed by atoms with van der Waals surface area (Å²) in [6.07, 6.45) is 14.3. The van der Waals surface area contributed by atoms with Crippen molar-refractivity contribution in [2.45, 2.75) is 58.8 Å². The molecule has 0 N–H and O–H groups in total. The summed E-state index contributed by atoms with van der Waals surface area (Å²) >= 11 is 0. The van der Waals surface area contributed by atoms with Crippen molar-refractivity contribution in [1.29, 1.82) is 0 Å². The molecule has 1 fully saturated rings. The van der Waals surface area contributed by atoms with Gasteiger partial charge >= 0.3 is 0 Å². The van der Waals surface area contributed by atoms with E-state index in [2.05, 4.69) is 30.9 Å². The zero-order chi connectivity index (χ0) is 12.8. The van der Waals surface area contributed by atoms with Crippen LogP contribution in [0.3, 0.4) is 0 Å². The summed E-state index contributed by atoms with van der Waals surface area (Å²) in [4.78, 5) is 2.66. The summed E-state index contributed by atoms with van der Waals surface area (Å²) in [5.41, 5.74) is 3.21. The lowest BCUT2D eigenvalue weighted by Crippen LogP contribution is -2.35. The Balaban J connectivity index is 1.75. The van der Waals surface area contributed by atoms with Gasteiger partial charge in [-0.15, -0.1) is 0 Å². The SMILES string of the molecule is CCCCC1CCN(CC2=C(C)CCC=C2)CC1. The summed E-state index contributed by atoms with van der Waals surface area (Å²) in [7, 11) is 0. The van der Waals surface area contributed by atoms with Crippen molar-refractivity contribution in [1.82, 2.24) is 4.90 Å². The van der Waals surface area contributed by atoms with Crippen LogP contribution >= 0.6 is 0 Å². The second kappa shape index (κ2) is 7.13. The summed E-state index contributed by atoms with van der Waals surface area (Å²) in [5.74, 6) is 1.01. The van der Waals surface area contributed by atoms with E-state index in [9.17, 15) is 0 Å².